The minimum Gasteiger partial charge on any atom is -0.495 e. The summed E-state index contributed by atoms with van der Waals surface area (Å²) < 4.78 is 5.17. The van der Waals surface area contributed by atoms with Gasteiger partial charge >= 0.3 is 0 Å². The molecule has 2 aromatic carbocycles. The number of nitrogens with zero attached hydrogens (tertiary/aromatic N) is 2. The summed E-state index contributed by atoms with van der Waals surface area (Å²) in [7, 11) is 1.57. The van der Waals surface area contributed by atoms with Gasteiger partial charge in [-0.3, -0.25) is 4.98 Å². The minimum absolute atomic E-state index is 0.142. The van der Waals surface area contributed by atoms with Crippen molar-refractivity contribution in [2.24, 2.45) is 0 Å². The molecule has 0 aliphatic heterocycles. The van der Waals surface area contributed by atoms with Crippen LogP contribution in [0.5, 0.6) is 5.75 Å². The van der Waals surface area contributed by atoms with E-state index in [0.29, 0.717) is 28.4 Å². The molecule has 132 valence electrons. The van der Waals surface area contributed by atoms with Gasteiger partial charge < -0.3 is 15.2 Å². The Morgan fingerprint density at radius 2 is 2.08 bits per heavy atom. The molecule has 0 radical (unpaired) electrons. The number of ether oxygens (including phenoxy) is 1. The average Bonchev–Trinajstić information content (AvgIpc) is 2.65. The lowest BCUT2D eigenvalue weighted by molar-refractivity contribution is 0.281. The molecule has 0 aliphatic carbocycles. The van der Waals surface area contributed by atoms with Crippen molar-refractivity contribution in [1.29, 1.82) is 5.26 Å². The Balaban J connectivity index is 2.02. The molecule has 1 heterocycles. The van der Waals surface area contributed by atoms with Crippen LogP contribution in [-0.2, 0) is 13.2 Å². The summed E-state index contributed by atoms with van der Waals surface area (Å²) in [6.45, 7) is 2.22. The highest BCUT2D eigenvalue weighted by atomic mass is 35.5. The highest BCUT2D eigenvalue weighted by Gasteiger charge is 2.13. The van der Waals surface area contributed by atoms with Crippen molar-refractivity contribution in [3.05, 3.63) is 63.8 Å². The van der Waals surface area contributed by atoms with Crippen molar-refractivity contribution in [1.82, 2.24) is 4.98 Å². The lowest BCUT2D eigenvalue weighted by atomic mass is 10.0. The molecular weight excluding hydrogens is 350 g/mol. The minimum atomic E-state index is -0.142. The lowest BCUT2D eigenvalue weighted by Crippen LogP contribution is -2.07. The summed E-state index contributed by atoms with van der Waals surface area (Å²) >= 11 is 6.19. The van der Waals surface area contributed by atoms with Crippen LogP contribution in [0.15, 0.2) is 36.4 Å². The SMILES string of the molecule is COc1ccc(CNc2c(CO)c(C)nc3ccc(C#N)cc23)cc1Cl. The third-order valence-corrected chi connectivity index (χ3v) is 4.56. The standard InChI is InChI=1S/C20H18ClN3O2/c1-12-16(11-25)20(15-7-13(9-22)3-5-18(15)24-12)23-10-14-4-6-19(26-2)17(21)8-14/h3-8,25H,10-11H2,1-2H3,(H,23,24). The van der Waals surface area contributed by atoms with Crippen LogP contribution in [0.2, 0.25) is 5.02 Å². The van der Waals surface area contributed by atoms with E-state index in [0.717, 1.165) is 27.8 Å². The molecule has 2 N–H and O–H groups in total. The predicted octanol–water partition coefficient (Wildman–Crippen LogP) is 4.18. The number of fused-ring (bicyclic) bond motifs is 1. The molecule has 26 heavy (non-hydrogen) atoms. The van der Waals surface area contributed by atoms with E-state index in [4.69, 9.17) is 16.3 Å². The third kappa shape index (κ3) is 3.43. The van der Waals surface area contributed by atoms with E-state index in [1.165, 1.54) is 0 Å². The number of rotatable bonds is 5. The molecule has 0 spiro atoms. The Morgan fingerprint density at radius 3 is 2.73 bits per heavy atom. The lowest BCUT2D eigenvalue weighted by Gasteiger charge is -2.16. The van der Waals surface area contributed by atoms with Crippen molar-refractivity contribution < 1.29 is 9.84 Å². The zero-order valence-electron chi connectivity index (χ0n) is 14.5. The number of pyridine rings is 1. The Labute approximate surface area is 156 Å². The van der Waals surface area contributed by atoms with E-state index >= 15 is 0 Å². The number of aliphatic hydroxyl groups is 1. The summed E-state index contributed by atoms with van der Waals surface area (Å²) in [4.78, 5) is 4.53. The van der Waals surface area contributed by atoms with Crippen LogP contribution in [0.4, 0.5) is 5.69 Å². The first-order valence-electron chi connectivity index (χ1n) is 8.08. The van der Waals surface area contributed by atoms with Crippen LogP contribution in [0.3, 0.4) is 0 Å². The molecule has 0 bridgehead atoms. The number of hydrogen-bond acceptors (Lipinski definition) is 5. The number of methoxy groups -OCH3 is 1. The topological polar surface area (TPSA) is 78.2 Å². The van der Waals surface area contributed by atoms with Crippen LogP contribution in [0.25, 0.3) is 10.9 Å². The van der Waals surface area contributed by atoms with Gasteiger partial charge in [-0.15, -0.1) is 0 Å². The Morgan fingerprint density at radius 1 is 1.27 bits per heavy atom. The zero-order chi connectivity index (χ0) is 18.7. The maximum atomic E-state index is 9.81. The van der Waals surface area contributed by atoms with Gasteiger partial charge in [0.2, 0.25) is 0 Å². The highest BCUT2D eigenvalue weighted by molar-refractivity contribution is 6.32. The number of nitrogens with one attached hydrogen (secondary N) is 1. The van der Waals surface area contributed by atoms with Crippen molar-refractivity contribution >= 4 is 28.2 Å². The molecule has 6 heteroatoms. The van der Waals surface area contributed by atoms with Gasteiger partial charge in [0.05, 0.1) is 41.6 Å². The van der Waals surface area contributed by atoms with Gasteiger partial charge in [-0.2, -0.15) is 5.26 Å². The summed E-state index contributed by atoms with van der Waals surface area (Å²) in [5.74, 6) is 0.621. The van der Waals surface area contributed by atoms with E-state index in [1.807, 2.05) is 31.2 Å². The largest absolute Gasteiger partial charge is 0.495 e. The molecule has 5 nitrogen and oxygen atoms in total. The van der Waals surface area contributed by atoms with Crippen LogP contribution < -0.4 is 10.1 Å². The third-order valence-electron chi connectivity index (χ3n) is 4.27. The number of aliphatic hydroxyl groups excluding tert-OH is 1. The van der Waals surface area contributed by atoms with Gasteiger partial charge in [0.25, 0.3) is 0 Å². The summed E-state index contributed by atoms with van der Waals surface area (Å²) in [6.07, 6.45) is 0. The van der Waals surface area contributed by atoms with Crippen molar-refractivity contribution in [3.8, 4) is 11.8 Å². The first-order valence-corrected chi connectivity index (χ1v) is 8.45. The number of aryl methyl sites for hydroxylation is 1. The highest BCUT2D eigenvalue weighted by Crippen LogP contribution is 2.31. The Kier molecular flexibility index (Phi) is 5.27. The monoisotopic (exact) mass is 367 g/mol. The normalized spacial score (nSPS) is 10.6. The first-order chi connectivity index (χ1) is 12.6. The van der Waals surface area contributed by atoms with Gasteiger partial charge in [-0.25, -0.2) is 0 Å². The number of hydrogen-bond donors (Lipinski definition) is 2. The number of aromatic nitrogens is 1. The number of anilines is 1. The molecule has 0 aliphatic rings. The predicted molar refractivity (Wildman–Crippen MR) is 102 cm³/mol. The van der Waals surface area contributed by atoms with Gasteiger partial charge in [-0.1, -0.05) is 17.7 Å². The second-order valence-electron chi connectivity index (χ2n) is 5.88. The molecule has 0 amide bonds. The summed E-state index contributed by atoms with van der Waals surface area (Å²) in [5.41, 5.74) is 4.53. The number of nitriles is 1. The van der Waals surface area contributed by atoms with E-state index in [-0.39, 0.29) is 6.61 Å². The van der Waals surface area contributed by atoms with E-state index < -0.39 is 0 Å². The van der Waals surface area contributed by atoms with Crippen molar-refractivity contribution in [2.75, 3.05) is 12.4 Å². The van der Waals surface area contributed by atoms with Crippen molar-refractivity contribution in [3.63, 3.8) is 0 Å². The molecule has 1 aromatic heterocycles. The van der Waals surface area contributed by atoms with E-state index in [9.17, 15) is 10.4 Å². The Bertz CT molecular complexity index is 1010. The fraction of sp³-hybridized carbons (Fsp3) is 0.200. The fourth-order valence-corrected chi connectivity index (χ4v) is 3.18. The van der Waals surface area contributed by atoms with Gasteiger partial charge in [0, 0.05) is 23.2 Å². The van der Waals surface area contributed by atoms with Crippen LogP contribution in [-0.4, -0.2) is 17.2 Å². The van der Waals surface area contributed by atoms with Crippen LogP contribution in [0, 0.1) is 18.3 Å². The van der Waals surface area contributed by atoms with Gasteiger partial charge in [0.15, 0.2) is 0 Å². The molecule has 0 unspecified atom stereocenters. The molecular formula is C20H18ClN3O2. The second kappa shape index (κ2) is 7.61. The second-order valence-corrected chi connectivity index (χ2v) is 6.28. The van der Waals surface area contributed by atoms with Crippen molar-refractivity contribution in [2.45, 2.75) is 20.1 Å². The van der Waals surface area contributed by atoms with Gasteiger partial charge in [-0.05, 0) is 42.8 Å². The van der Waals surface area contributed by atoms with Crippen LogP contribution >= 0.6 is 11.6 Å². The number of benzene rings is 2. The molecule has 3 aromatic rings. The summed E-state index contributed by atoms with van der Waals surface area (Å²) in [6, 6.07) is 13.1. The Hall–Kier alpha value is -2.81. The molecule has 3 rings (SSSR count). The molecule has 0 fully saturated rings. The smallest absolute Gasteiger partial charge is 0.137 e. The molecule has 0 atom stereocenters. The zero-order valence-corrected chi connectivity index (χ0v) is 15.3. The molecule has 0 saturated heterocycles. The summed E-state index contributed by atoms with van der Waals surface area (Å²) in [5, 5.41) is 23.7. The first kappa shape index (κ1) is 18.0. The number of halogens is 1. The molecule has 0 saturated carbocycles. The maximum absolute atomic E-state index is 9.81. The quantitative estimate of drug-likeness (QED) is 0.707. The fourth-order valence-electron chi connectivity index (χ4n) is 2.90. The van der Waals surface area contributed by atoms with E-state index in [1.54, 1.807) is 19.2 Å². The van der Waals surface area contributed by atoms with Gasteiger partial charge in [0.1, 0.15) is 5.75 Å². The van der Waals surface area contributed by atoms with E-state index in [2.05, 4.69) is 16.4 Å². The maximum Gasteiger partial charge on any atom is 0.137 e. The van der Waals surface area contributed by atoms with Crippen LogP contribution in [0.1, 0.15) is 22.4 Å². The average molecular weight is 368 g/mol.